The van der Waals surface area contributed by atoms with Gasteiger partial charge in [0, 0.05) is 49.3 Å². The fourth-order valence-electron chi connectivity index (χ4n) is 8.90. The minimum atomic E-state index is -0.339. The summed E-state index contributed by atoms with van der Waals surface area (Å²) < 4.78 is 2.19. The normalized spacial score (nSPS) is 12.8. The van der Waals surface area contributed by atoms with Crippen molar-refractivity contribution in [1.29, 1.82) is 0 Å². The van der Waals surface area contributed by atoms with E-state index >= 15 is 0 Å². The third-order valence-corrected chi connectivity index (χ3v) is 12.2. The zero-order chi connectivity index (χ0) is 39.6. The maximum absolute atomic E-state index is 11.3. The molecule has 5 heteroatoms. The number of hydrogen-bond donors (Lipinski definition) is 1. The molecule has 7 aromatic carbocycles. The Morgan fingerprint density at radius 2 is 1.20 bits per heavy atom. The average Bonchev–Trinajstić information content (AvgIpc) is 3.76. The van der Waals surface area contributed by atoms with Crippen LogP contribution in [0.4, 0.5) is 0 Å². The van der Waals surface area contributed by atoms with E-state index in [2.05, 4.69) is 184 Å². The van der Waals surface area contributed by atoms with E-state index in [0.717, 1.165) is 55.8 Å². The summed E-state index contributed by atoms with van der Waals surface area (Å²) >= 11 is 0. The van der Waals surface area contributed by atoms with Crippen molar-refractivity contribution >= 4 is 11.0 Å². The summed E-state index contributed by atoms with van der Waals surface area (Å²) in [5, 5.41) is 11.3. The SMILES string of the molecule is CC(C)(c1ccccc1)c1cc(-c2cc3c(cn2)C(C)(C)c2ccccc2-3)[c-]c(-c2cccc3c2nc(-c2ccccc2O)n3-c2ccccc2-c2ccccc2)c1.[Pt]. The summed E-state index contributed by atoms with van der Waals surface area (Å²) in [5.41, 5.74) is 16.1. The van der Waals surface area contributed by atoms with Crippen molar-refractivity contribution in [2.45, 2.75) is 38.5 Å². The van der Waals surface area contributed by atoms with E-state index in [-0.39, 0.29) is 37.6 Å². The molecule has 4 nitrogen and oxygen atoms in total. The fourth-order valence-corrected chi connectivity index (χ4v) is 8.90. The van der Waals surface area contributed by atoms with Gasteiger partial charge in [-0.05, 0) is 57.6 Å². The van der Waals surface area contributed by atoms with Crippen molar-refractivity contribution in [3.8, 4) is 67.5 Å². The van der Waals surface area contributed by atoms with Gasteiger partial charge in [-0.25, -0.2) is 4.98 Å². The molecule has 2 aromatic heterocycles. The minimum absolute atomic E-state index is 0. The Hall–Kier alpha value is -6.35. The number of aromatic nitrogens is 3. The van der Waals surface area contributed by atoms with Crippen LogP contribution in [0.1, 0.15) is 49.9 Å². The first-order chi connectivity index (χ1) is 28.2. The minimum Gasteiger partial charge on any atom is -0.507 e. The number of phenols is 1. The second kappa shape index (κ2) is 14.8. The third-order valence-electron chi connectivity index (χ3n) is 12.2. The molecule has 1 aliphatic carbocycles. The van der Waals surface area contributed by atoms with Gasteiger partial charge in [-0.15, -0.1) is 29.3 Å². The van der Waals surface area contributed by atoms with Gasteiger partial charge in [0.25, 0.3) is 0 Å². The molecule has 9 aromatic rings. The van der Waals surface area contributed by atoms with E-state index in [1.54, 1.807) is 6.07 Å². The topological polar surface area (TPSA) is 50.9 Å². The van der Waals surface area contributed by atoms with Crippen molar-refractivity contribution in [2.75, 3.05) is 0 Å². The molecule has 2 heterocycles. The largest absolute Gasteiger partial charge is 0.507 e. The molecule has 0 saturated heterocycles. The van der Waals surface area contributed by atoms with Gasteiger partial charge in [0.15, 0.2) is 0 Å². The van der Waals surface area contributed by atoms with Crippen LogP contribution in [0.15, 0.2) is 176 Å². The van der Waals surface area contributed by atoms with E-state index in [9.17, 15) is 5.11 Å². The van der Waals surface area contributed by atoms with Crippen LogP contribution in [-0.4, -0.2) is 19.6 Å². The molecule has 0 spiro atoms. The number of nitrogens with zero attached hydrogens (tertiary/aromatic N) is 3. The predicted molar refractivity (Wildman–Crippen MR) is 237 cm³/mol. The summed E-state index contributed by atoms with van der Waals surface area (Å²) in [5.74, 6) is 0.831. The molecule has 1 aliphatic rings. The Morgan fingerprint density at radius 1 is 0.576 bits per heavy atom. The summed E-state index contributed by atoms with van der Waals surface area (Å²) in [6, 6.07) is 62.7. The van der Waals surface area contributed by atoms with Crippen molar-refractivity contribution in [2.24, 2.45) is 0 Å². The van der Waals surface area contributed by atoms with E-state index in [4.69, 9.17) is 9.97 Å². The summed E-state index contributed by atoms with van der Waals surface area (Å²) in [7, 11) is 0. The van der Waals surface area contributed by atoms with Crippen LogP contribution >= 0.6 is 0 Å². The molecule has 0 radical (unpaired) electrons. The van der Waals surface area contributed by atoms with Crippen LogP contribution in [0.25, 0.3) is 72.7 Å². The molecule has 10 rings (SSSR count). The van der Waals surface area contributed by atoms with Gasteiger partial charge in [-0.3, -0.25) is 9.55 Å². The standard InChI is InChI=1S/C54H42N3O.Pt/c1-53(2,38-20-9-6-10-21-38)39-31-36(30-37(32-39)47-33-44-42-23-11-14-26-45(42)54(3,4)46(44)34-55-47)41-25-17-28-49-51(41)56-52(43-24-13-16-29-50(43)58)57(49)48-27-15-12-22-40(48)35-18-7-5-8-19-35;/h5-29,31-34,58H,1-4H3;/q-1;. The van der Waals surface area contributed by atoms with Crippen LogP contribution in [-0.2, 0) is 31.9 Å². The Morgan fingerprint density at radius 3 is 1.97 bits per heavy atom. The quantitative estimate of drug-likeness (QED) is 0.162. The van der Waals surface area contributed by atoms with Crippen LogP contribution < -0.4 is 0 Å². The molecular weight excluding hydrogens is 902 g/mol. The number of imidazole rings is 1. The Balaban J connectivity index is 0.00000449. The first kappa shape index (κ1) is 38.2. The van der Waals surface area contributed by atoms with Gasteiger partial charge >= 0.3 is 0 Å². The van der Waals surface area contributed by atoms with Crippen LogP contribution in [0.2, 0.25) is 0 Å². The molecule has 0 amide bonds. The molecule has 0 fully saturated rings. The van der Waals surface area contributed by atoms with Crippen molar-refractivity contribution in [1.82, 2.24) is 14.5 Å². The monoisotopic (exact) mass is 943 g/mol. The molecule has 1 N–H and O–H groups in total. The van der Waals surface area contributed by atoms with Gasteiger partial charge in [0.05, 0.1) is 22.3 Å². The number of aromatic hydroxyl groups is 1. The average molecular weight is 944 g/mol. The Kier molecular flexibility index (Phi) is 9.57. The van der Waals surface area contributed by atoms with E-state index < -0.39 is 0 Å². The van der Waals surface area contributed by atoms with E-state index in [0.29, 0.717) is 11.4 Å². The zero-order valence-electron chi connectivity index (χ0n) is 33.3. The predicted octanol–water partition coefficient (Wildman–Crippen LogP) is 13.2. The fraction of sp³-hybridized carbons (Fsp3) is 0.111. The smallest absolute Gasteiger partial charge is 0.148 e. The molecular formula is C54H42N3OPt-. The van der Waals surface area contributed by atoms with Crippen LogP contribution in [0.5, 0.6) is 5.75 Å². The molecule has 59 heavy (non-hydrogen) atoms. The zero-order valence-corrected chi connectivity index (χ0v) is 35.6. The number of fused-ring (bicyclic) bond motifs is 4. The summed E-state index contributed by atoms with van der Waals surface area (Å²) in [6.45, 7) is 9.14. The van der Waals surface area contributed by atoms with E-state index in [1.165, 1.54) is 27.8 Å². The summed E-state index contributed by atoms with van der Waals surface area (Å²) in [6.07, 6.45) is 2.07. The molecule has 0 atom stereocenters. The number of pyridine rings is 1. The first-order valence-electron chi connectivity index (χ1n) is 19.9. The number of phenolic OH excluding ortho intramolecular Hbond substituents is 1. The third kappa shape index (κ3) is 6.35. The van der Waals surface area contributed by atoms with Gasteiger partial charge in [0.1, 0.15) is 11.6 Å². The number of benzene rings is 7. The van der Waals surface area contributed by atoms with Gasteiger partial charge in [0.2, 0.25) is 0 Å². The second-order valence-corrected chi connectivity index (χ2v) is 16.3. The van der Waals surface area contributed by atoms with Crippen molar-refractivity contribution in [3.05, 3.63) is 204 Å². The van der Waals surface area contributed by atoms with Crippen LogP contribution in [0.3, 0.4) is 0 Å². The molecule has 0 saturated carbocycles. The first-order valence-corrected chi connectivity index (χ1v) is 19.9. The summed E-state index contributed by atoms with van der Waals surface area (Å²) in [4.78, 5) is 10.6. The van der Waals surface area contributed by atoms with Gasteiger partial charge in [-0.2, -0.15) is 0 Å². The van der Waals surface area contributed by atoms with Gasteiger partial charge in [-0.1, -0.05) is 172 Å². The Bertz CT molecular complexity index is 3020. The van der Waals surface area contributed by atoms with Crippen molar-refractivity contribution < 1.29 is 26.2 Å². The number of rotatable bonds is 7. The molecule has 290 valence electrons. The number of hydrogen-bond acceptors (Lipinski definition) is 3. The Labute approximate surface area is 360 Å². The van der Waals surface area contributed by atoms with Crippen LogP contribution in [0, 0.1) is 6.07 Å². The molecule has 0 unspecified atom stereocenters. The number of para-hydroxylation sites is 3. The van der Waals surface area contributed by atoms with E-state index in [1.807, 2.05) is 24.3 Å². The van der Waals surface area contributed by atoms with Gasteiger partial charge < -0.3 is 5.11 Å². The maximum Gasteiger partial charge on any atom is 0.148 e. The molecule has 0 aliphatic heterocycles. The maximum atomic E-state index is 11.3. The van der Waals surface area contributed by atoms with Crippen molar-refractivity contribution in [3.63, 3.8) is 0 Å². The molecule has 0 bridgehead atoms. The second-order valence-electron chi connectivity index (χ2n) is 16.3.